The predicted octanol–water partition coefficient (Wildman–Crippen LogP) is 3.75. The van der Waals surface area contributed by atoms with Crippen LogP contribution in [-0.2, 0) is 11.3 Å². The topological polar surface area (TPSA) is 83.0 Å². The first-order valence-electron chi connectivity index (χ1n) is 8.03. The van der Waals surface area contributed by atoms with E-state index in [1.807, 2.05) is 49.0 Å². The van der Waals surface area contributed by atoms with E-state index in [0.29, 0.717) is 10.8 Å². The van der Waals surface area contributed by atoms with Crippen molar-refractivity contribution in [3.05, 3.63) is 58.5 Å². The molecular formula is C18H16N4O3S. The fourth-order valence-corrected chi connectivity index (χ4v) is 4.07. The maximum atomic E-state index is 12.8. The molecule has 0 amide bonds. The van der Waals surface area contributed by atoms with Crippen LogP contribution in [0.3, 0.4) is 0 Å². The highest BCUT2D eigenvalue weighted by Crippen LogP contribution is 2.36. The molecule has 4 heterocycles. The summed E-state index contributed by atoms with van der Waals surface area (Å²) in [6.45, 7) is 5.58. The second-order valence-electron chi connectivity index (χ2n) is 5.92. The van der Waals surface area contributed by atoms with E-state index < -0.39 is 5.97 Å². The second-order valence-corrected chi connectivity index (χ2v) is 6.92. The molecule has 4 aromatic heterocycles. The number of carbonyl (C=O) groups excluding carboxylic acids is 1. The Morgan fingerprint density at radius 2 is 2.00 bits per heavy atom. The summed E-state index contributed by atoms with van der Waals surface area (Å²) in [5, 5.41) is 8.53. The van der Waals surface area contributed by atoms with Gasteiger partial charge in [-0.05, 0) is 37.6 Å². The second kappa shape index (κ2) is 6.38. The van der Waals surface area contributed by atoms with Crippen LogP contribution in [-0.4, -0.2) is 25.7 Å². The van der Waals surface area contributed by atoms with Crippen molar-refractivity contribution in [1.29, 1.82) is 0 Å². The Kier molecular flexibility index (Phi) is 4.04. The maximum Gasteiger partial charge on any atom is 0.351 e. The van der Waals surface area contributed by atoms with Crippen molar-refractivity contribution in [2.45, 2.75) is 27.4 Å². The van der Waals surface area contributed by atoms with Gasteiger partial charge in [-0.2, -0.15) is 0 Å². The molecule has 8 heteroatoms. The zero-order valence-corrected chi connectivity index (χ0v) is 15.3. The molecular weight excluding hydrogens is 352 g/mol. The Bertz CT molecular complexity index is 1100. The molecule has 4 rings (SSSR count). The number of hydrogen-bond donors (Lipinski definition) is 0. The first kappa shape index (κ1) is 16.5. The minimum atomic E-state index is -0.440. The zero-order chi connectivity index (χ0) is 18.3. The third kappa shape index (κ3) is 2.88. The van der Waals surface area contributed by atoms with Gasteiger partial charge in [-0.1, -0.05) is 0 Å². The summed E-state index contributed by atoms with van der Waals surface area (Å²) in [5.74, 6) is 0.260. The summed E-state index contributed by atoms with van der Waals surface area (Å²) in [6, 6.07) is 5.84. The quantitative estimate of drug-likeness (QED) is 0.510. The average Bonchev–Trinajstić information content (AvgIpc) is 3.31. The predicted molar refractivity (Wildman–Crippen MR) is 96.6 cm³/mol. The molecule has 0 aliphatic carbocycles. The van der Waals surface area contributed by atoms with Crippen molar-refractivity contribution in [2.75, 3.05) is 0 Å². The molecule has 0 aliphatic heterocycles. The molecule has 0 spiro atoms. The monoisotopic (exact) mass is 368 g/mol. The Hall–Kier alpha value is -3.00. The number of hydrogen-bond acceptors (Lipinski definition) is 7. The lowest BCUT2D eigenvalue weighted by Crippen LogP contribution is -2.07. The van der Waals surface area contributed by atoms with Gasteiger partial charge in [0.05, 0.1) is 5.69 Å². The molecule has 7 nitrogen and oxygen atoms in total. The van der Waals surface area contributed by atoms with E-state index in [4.69, 9.17) is 9.15 Å². The van der Waals surface area contributed by atoms with Gasteiger partial charge in [0.25, 0.3) is 5.89 Å². The molecule has 0 saturated heterocycles. The molecule has 0 N–H and O–H groups in total. The van der Waals surface area contributed by atoms with Gasteiger partial charge >= 0.3 is 5.97 Å². The molecule has 0 aromatic carbocycles. The van der Waals surface area contributed by atoms with Gasteiger partial charge in [-0.25, -0.2) is 9.78 Å². The summed E-state index contributed by atoms with van der Waals surface area (Å²) in [5.41, 5.74) is 2.77. The lowest BCUT2D eigenvalue weighted by Gasteiger charge is -2.07. The summed E-state index contributed by atoms with van der Waals surface area (Å²) < 4.78 is 12.6. The van der Waals surface area contributed by atoms with Crippen LogP contribution >= 0.6 is 11.3 Å². The minimum absolute atomic E-state index is 0.0650. The van der Waals surface area contributed by atoms with Crippen molar-refractivity contribution >= 4 is 27.5 Å². The van der Waals surface area contributed by atoms with Crippen molar-refractivity contribution in [1.82, 2.24) is 19.7 Å². The van der Waals surface area contributed by atoms with Crippen molar-refractivity contribution in [3.8, 4) is 5.69 Å². The number of fused-ring (bicyclic) bond motifs is 1. The molecule has 0 bridgehead atoms. The van der Waals surface area contributed by atoms with E-state index in [1.54, 1.807) is 6.92 Å². The third-order valence-corrected chi connectivity index (χ3v) is 4.96. The maximum absolute atomic E-state index is 12.8. The Balaban J connectivity index is 1.77. The molecule has 0 fully saturated rings. The first-order valence-corrected chi connectivity index (χ1v) is 8.85. The van der Waals surface area contributed by atoms with Gasteiger partial charge < -0.3 is 13.7 Å². The molecule has 26 heavy (non-hydrogen) atoms. The molecule has 0 aliphatic rings. The van der Waals surface area contributed by atoms with Crippen LogP contribution in [0.4, 0.5) is 0 Å². The number of pyridine rings is 1. The van der Waals surface area contributed by atoms with E-state index >= 15 is 0 Å². The zero-order valence-electron chi connectivity index (χ0n) is 14.5. The van der Waals surface area contributed by atoms with Crippen LogP contribution in [0.5, 0.6) is 0 Å². The number of aromatic nitrogens is 4. The van der Waals surface area contributed by atoms with Gasteiger partial charge in [0.15, 0.2) is 6.61 Å². The summed E-state index contributed by atoms with van der Waals surface area (Å²) in [4.78, 5) is 18.7. The van der Waals surface area contributed by atoms with Crippen molar-refractivity contribution < 1.29 is 13.9 Å². The highest BCUT2D eigenvalue weighted by molar-refractivity contribution is 7.21. The number of ether oxygens (including phenoxy) is 1. The lowest BCUT2D eigenvalue weighted by atomic mass is 10.1. The smallest absolute Gasteiger partial charge is 0.351 e. The average molecular weight is 368 g/mol. The van der Waals surface area contributed by atoms with Gasteiger partial charge in [0.2, 0.25) is 5.89 Å². The van der Waals surface area contributed by atoms with Crippen molar-refractivity contribution in [3.63, 3.8) is 0 Å². The number of esters is 1. The van der Waals surface area contributed by atoms with E-state index in [0.717, 1.165) is 27.2 Å². The number of nitrogens with zero attached hydrogens (tertiary/aromatic N) is 4. The van der Waals surface area contributed by atoms with Gasteiger partial charge in [-0.15, -0.1) is 21.5 Å². The van der Waals surface area contributed by atoms with Gasteiger partial charge in [0.1, 0.15) is 9.71 Å². The summed E-state index contributed by atoms with van der Waals surface area (Å²) >= 11 is 1.33. The highest BCUT2D eigenvalue weighted by atomic mass is 32.1. The van der Waals surface area contributed by atoms with Crippen LogP contribution < -0.4 is 0 Å². The number of carbonyl (C=O) groups is 1. The summed E-state index contributed by atoms with van der Waals surface area (Å²) in [6.07, 6.45) is 3.80. The fourth-order valence-electron chi connectivity index (χ4n) is 2.88. The van der Waals surface area contributed by atoms with Crippen LogP contribution in [0.25, 0.3) is 15.9 Å². The first-order chi connectivity index (χ1) is 12.5. The van der Waals surface area contributed by atoms with Crippen LogP contribution in [0.15, 0.2) is 35.0 Å². The number of thiophene rings is 1. The molecule has 0 radical (unpaired) electrons. The molecule has 132 valence electrons. The Labute approximate surface area is 153 Å². The third-order valence-electron chi connectivity index (χ3n) is 3.90. The lowest BCUT2D eigenvalue weighted by molar-refractivity contribution is 0.0443. The van der Waals surface area contributed by atoms with E-state index in [9.17, 15) is 4.79 Å². The molecule has 0 unspecified atom stereocenters. The summed E-state index contributed by atoms with van der Waals surface area (Å²) in [7, 11) is 0. The normalized spacial score (nSPS) is 11.2. The Morgan fingerprint density at radius 1 is 1.23 bits per heavy atom. The fraction of sp³-hybridized carbons (Fsp3) is 0.222. The molecule has 0 atom stereocenters. The molecule has 0 saturated carbocycles. The number of aryl methyl sites for hydroxylation is 3. The highest BCUT2D eigenvalue weighted by Gasteiger charge is 2.23. The number of rotatable bonds is 4. The van der Waals surface area contributed by atoms with Gasteiger partial charge in [0, 0.05) is 30.4 Å². The largest absolute Gasteiger partial charge is 0.451 e. The van der Waals surface area contributed by atoms with E-state index in [2.05, 4.69) is 15.2 Å². The van der Waals surface area contributed by atoms with Crippen LogP contribution in [0.2, 0.25) is 0 Å². The minimum Gasteiger partial charge on any atom is -0.451 e. The van der Waals surface area contributed by atoms with Gasteiger partial charge in [-0.3, -0.25) is 0 Å². The van der Waals surface area contributed by atoms with E-state index in [-0.39, 0.29) is 12.5 Å². The Morgan fingerprint density at radius 3 is 2.69 bits per heavy atom. The van der Waals surface area contributed by atoms with Crippen LogP contribution in [0, 0.1) is 20.8 Å². The van der Waals surface area contributed by atoms with Crippen molar-refractivity contribution in [2.24, 2.45) is 0 Å². The molecule has 4 aromatic rings. The standard InChI is InChI=1S/C18H16N4O3S/c1-10-8-11(2)19-17-14(10)15(22-6-4-5-7-22)16(26-17)18(23)24-9-13-21-20-12(3)25-13/h4-8H,9H2,1-3H3. The van der Waals surface area contributed by atoms with Crippen LogP contribution in [0.1, 0.15) is 32.7 Å². The van der Waals surface area contributed by atoms with E-state index in [1.165, 1.54) is 11.3 Å². The SMILES string of the molecule is Cc1cc(C)c2c(-n3cccc3)c(C(=O)OCc3nnc(C)o3)sc2n1.